The van der Waals surface area contributed by atoms with Crippen LogP contribution in [0.5, 0.6) is 0 Å². The van der Waals surface area contributed by atoms with Crippen molar-refractivity contribution in [2.45, 2.75) is 18.2 Å². The quantitative estimate of drug-likeness (QED) is 0.496. The van der Waals surface area contributed by atoms with Gasteiger partial charge < -0.3 is 4.90 Å². The van der Waals surface area contributed by atoms with Crippen molar-refractivity contribution in [1.29, 1.82) is 0 Å². The second kappa shape index (κ2) is 5.86. The molecule has 0 radical (unpaired) electrons. The molecule has 1 aliphatic rings. The van der Waals surface area contributed by atoms with Crippen molar-refractivity contribution >= 4 is 44.4 Å². The van der Waals surface area contributed by atoms with Crippen LogP contribution >= 0.6 is 38.5 Å². The number of hydrogen-bond acceptors (Lipinski definition) is 1. The summed E-state index contributed by atoms with van der Waals surface area (Å²) in [6.45, 7) is 3.67. The van der Waals surface area contributed by atoms with E-state index >= 15 is 0 Å². The number of amides is 1. The summed E-state index contributed by atoms with van der Waals surface area (Å²) in [5.41, 5.74) is 0.589. The molecule has 1 amide bonds. The number of nitrogens with zero attached hydrogens (tertiary/aromatic N) is 1. The lowest BCUT2D eigenvalue weighted by Gasteiger charge is -2.34. The molecule has 98 valence electrons. The van der Waals surface area contributed by atoms with Gasteiger partial charge in [0.1, 0.15) is 5.82 Å². The SMILES string of the molecule is CC1CCN(C(=O)c2ccc(F)cc2I)CC1Br. The molecular formula is C13H14BrFINO. The summed E-state index contributed by atoms with van der Waals surface area (Å²) >= 11 is 5.62. The Labute approximate surface area is 128 Å². The van der Waals surface area contributed by atoms with Gasteiger partial charge in [0, 0.05) is 21.5 Å². The molecule has 1 heterocycles. The maximum Gasteiger partial charge on any atom is 0.254 e. The molecule has 0 saturated carbocycles. The summed E-state index contributed by atoms with van der Waals surface area (Å²) in [4.78, 5) is 14.5. The van der Waals surface area contributed by atoms with Gasteiger partial charge in [-0.1, -0.05) is 22.9 Å². The summed E-state index contributed by atoms with van der Waals surface area (Å²) in [6.07, 6.45) is 0.999. The average Bonchev–Trinajstić information content (AvgIpc) is 2.32. The highest BCUT2D eigenvalue weighted by Crippen LogP contribution is 2.25. The van der Waals surface area contributed by atoms with Crippen LogP contribution in [0.25, 0.3) is 0 Å². The highest BCUT2D eigenvalue weighted by atomic mass is 127. The number of halogens is 3. The van der Waals surface area contributed by atoms with E-state index < -0.39 is 0 Å². The summed E-state index contributed by atoms with van der Waals surface area (Å²) in [7, 11) is 0. The molecule has 2 rings (SSSR count). The summed E-state index contributed by atoms with van der Waals surface area (Å²) in [5, 5.41) is 0. The zero-order valence-corrected chi connectivity index (χ0v) is 13.7. The van der Waals surface area contributed by atoms with E-state index in [1.165, 1.54) is 12.1 Å². The molecule has 0 N–H and O–H groups in total. The fourth-order valence-electron chi connectivity index (χ4n) is 2.04. The van der Waals surface area contributed by atoms with E-state index in [-0.39, 0.29) is 11.7 Å². The molecule has 0 bridgehead atoms. The third-order valence-corrected chi connectivity index (χ3v) is 5.40. The van der Waals surface area contributed by atoms with Crippen LogP contribution in [0.3, 0.4) is 0 Å². The predicted octanol–water partition coefficient (Wildman–Crippen LogP) is 3.68. The first-order valence-electron chi connectivity index (χ1n) is 5.87. The Bertz CT molecular complexity index is 468. The molecule has 2 atom stereocenters. The number of carbonyl (C=O) groups excluding carboxylic acids is 1. The van der Waals surface area contributed by atoms with Gasteiger partial charge in [-0.25, -0.2) is 4.39 Å². The number of rotatable bonds is 1. The maximum atomic E-state index is 13.0. The number of likely N-dealkylation sites (tertiary alicyclic amines) is 1. The number of alkyl halides is 1. The molecule has 0 aliphatic carbocycles. The number of hydrogen-bond donors (Lipinski definition) is 0. The average molecular weight is 426 g/mol. The van der Waals surface area contributed by atoms with Gasteiger partial charge in [0.25, 0.3) is 5.91 Å². The van der Waals surface area contributed by atoms with Crippen LogP contribution in [0, 0.1) is 15.3 Å². The smallest absolute Gasteiger partial charge is 0.254 e. The molecule has 2 nitrogen and oxygen atoms in total. The lowest BCUT2D eigenvalue weighted by atomic mass is 9.98. The van der Waals surface area contributed by atoms with Crippen molar-refractivity contribution in [3.8, 4) is 0 Å². The monoisotopic (exact) mass is 425 g/mol. The second-order valence-electron chi connectivity index (χ2n) is 4.66. The Morgan fingerprint density at radius 1 is 1.56 bits per heavy atom. The van der Waals surface area contributed by atoms with Gasteiger partial charge in [0.2, 0.25) is 0 Å². The fraction of sp³-hybridized carbons (Fsp3) is 0.462. The van der Waals surface area contributed by atoms with Gasteiger partial charge >= 0.3 is 0 Å². The molecule has 0 aromatic heterocycles. The molecule has 1 fully saturated rings. The highest BCUT2D eigenvalue weighted by molar-refractivity contribution is 14.1. The Kier molecular flexibility index (Phi) is 4.64. The van der Waals surface area contributed by atoms with Crippen LogP contribution in [-0.2, 0) is 0 Å². The molecule has 1 aliphatic heterocycles. The Hall–Kier alpha value is -0.170. The van der Waals surface area contributed by atoms with Gasteiger partial charge in [-0.2, -0.15) is 0 Å². The van der Waals surface area contributed by atoms with E-state index in [4.69, 9.17) is 0 Å². The Morgan fingerprint density at radius 2 is 2.28 bits per heavy atom. The Balaban J connectivity index is 2.16. The van der Waals surface area contributed by atoms with E-state index in [0.29, 0.717) is 26.4 Å². The van der Waals surface area contributed by atoms with Crippen molar-refractivity contribution < 1.29 is 9.18 Å². The van der Waals surface area contributed by atoms with Gasteiger partial charge in [0.05, 0.1) is 5.56 Å². The lowest BCUT2D eigenvalue weighted by Crippen LogP contribution is -2.43. The van der Waals surface area contributed by atoms with E-state index in [0.717, 1.165) is 13.0 Å². The van der Waals surface area contributed by atoms with Crippen LogP contribution in [0.2, 0.25) is 0 Å². The van der Waals surface area contributed by atoms with Crippen LogP contribution < -0.4 is 0 Å². The third-order valence-electron chi connectivity index (χ3n) is 3.32. The molecule has 1 saturated heterocycles. The van der Waals surface area contributed by atoms with Crippen LogP contribution in [0.15, 0.2) is 18.2 Å². The van der Waals surface area contributed by atoms with Gasteiger partial charge in [0.15, 0.2) is 0 Å². The minimum Gasteiger partial charge on any atom is -0.337 e. The standard InChI is InChI=1S/C13H14BrFINO/c1-8-4-5-17(7-11(8)14)13(18)10-3-2-9(15)6-12(10)16/h2-3,6,8,11H,4-5,7H2,1H3. The Morgan fingerprint density at radius 3 is 2.89 bits per heavy atom. The van der Waals surface area contributed by atoms with Crippen molar-refractivity contribution in [1.82, 2.24) is 4.90 Å². The molecular weight excluding hydrogens is 412 g/mol. The van der Waals surface area contributed by atoms with Crippen LogP contribution in [-0.4, -0.2) is 28.7 Å². The van der Waals surface area contributed by atoms with Crippen LogP contribution in [0.1, 0.15) is 23.7 Å². The van der Waals surface area contributed by atoms with Gasteiger partial charge in [-0.15, -0.1) is 0 Å². The summed E-state index contributed by atoms with van der Waals surface area (Å²) in [6, 6.07) is 4.31. The molecule has 5 heteroatoms. The topological polar surface area (TPSA) is 20.3 Å². The minimum absolute atomic E-state index is 0.00394. The predicted molar refractivity (Wildman–Crippen MR) is 81.5 cm³/mol. The normalized spacial score (nSPS) is 24.1. The van der Waals surface area contributed by atoms with Crippen molar-refractivity contribution in [2.24, 2.45) is 5.92 Å². The van der Waals surface area contributed by atoms with Crippen LogP contribution in [0.4, 0.5) is 4.39 Å². The largest absolute Gasteiger partial charge is 0.337 e. The van der Waals surface area contributed by atoms with Gasteiger partial charge in [-0.3, -0.25) is 4.79 Å². The van der Waals surface area contributed by atoms with E-state index in [9.17, 15) is 9.18 Å². The molecule has 1 aromatic rings. The molecule has 2 unspecified atom stereocenters. The van der Waals surface area contributed by atoms with E-state index in [1.54, 1.807) is 6.07 Å². The minimum atomic E-state index is -0.304. The van der Waals surface area contributed by atoms with E-state index in [2.05, 4.69) is 22.9 Å². The molecule has 0 spiro atoms. The van der Waals surface area contributed by atoms with Crippen molar-refractivity contribution in [3.05, 3.63) is 33.1 Å². The zero-order valence-electron chi connectivity index (χ0n) is 10.00. The first-order valence-corrected chi connectivity index (χ1v) is 7.87. The number of benzene rings is 1. The summed E-state index contributed by atoms with van der Waals surface area (Å²) in [5.74, 6) is 0.277. The first kappa shape index (κ1) is 14.2. The second-order valence-corrected chi connectivity index (χ2v) is 7.00. The first-order chi connectivity index (χ1) is 8.49. The maximum absolute atomic E-state index is 13.0. The van der Waals surface area contributed by atoms with E-state index in [1.807, 2.05) is 27.5 Å². The highest BCUT2D eigenvalue weighted by Gasteiger charge is 2.28. The molecule has 18 heavy (non-hydrogen) atoms. The molecule has 1 aromatic carbocycles. The van der Waals surface area contributed by atoms with Gasteiger partial charge in [-0.05, 0) is 53.1 Å². The third kappa shape index (κ3) is 3.04. The number of carbonyl (C=O) groups is 1. The van der Waals surface area contributed by atoms with Crippen molar-refractivity contribution in [3.63, 3.8) is 0 Å². The summed E-state index contributed by atoms with van der Waals surface area (Å²) < 4.78 is 13.7. The number of piperidine rings is 1. The van der Waals surface area contributed by atoms with Crippen molar-refractivity contribution in [2.75, 3.05) is 13.1 Å². The lowest BCUT2D eigenvalue weighted by molar-refractivity contribution is 0.0705. The fourth-order valence-corrected chi connectivity index (χ4v) is 3.36. The zero-order chi connectivity index (χ0) is 13.3.